The van der Waals surface area contributed by atoms with Crippen LogP contribution in [0.2, 0.25) is 0 Å². The van der Waals surface area contributed by atoms with E-state index >= 15 is 0 Å². The first-order valence-corrected chi connectivity index (χ1v) is 5.95. The minimum Gasteiger partial charge on any atom is -0.395 e. The molecule has 1 rings (SSSR count). The first kappa shape index (κ1) is 12.9. The van der Waals surface area contributed by atoms with Crippen LogP contribution in [0.15, 0.2) is 0 Å². The lowest BCUT2D eigenvalue weighted by molar-refractivity contribution is -0.0656. The van der Waals surface area contributed by atoms with Crippen LogP contribution in [0.5, 0.6) is 0 Å². The molecule has 0 saturated carbocycles. The molecule has 90 valence electrons. The van der Waals surface area contributed by atoms with Crippen LogP contribution in [0.1, 0.15) is 40.5 Å². The van der Waals surface area contributed by atoms with Crippen molar-refractivity contribution in [2.45, 2.75) is 58.2 Å². The monoisotopic (exact) mass is 215 g/mol. The highest BCUT2D eigenvalue weighted by atomic mass is 16.5. The van der Waals surface area contributed by atoms with Crippen molar-refractivity contribution in [3.8, 4) is 0 Å². The lowest BCUT2D eigenvalue weighted by atomic mass is 9.92. The number of aliphatic hydroxyl groups excluding tert-OH is 1. The summed E-state index contributed by atoms with van der Waals surface area (Å²) in [5.41, 5.74) is -0.0209. The summed E-state index contributed by atoms with van der Waals surface area (Å²) in [4.78, 5) is 0. The summed E-state index contributed by atoms with van der Waals surface area (Å²) < 4.78 is 5.67. The van der Waals surface area contributed by atoms with Crippen molar-refractivity contribution in [2.75, 3.05) is 13.2 Å². The van der Waals surface area contributed by atoms with Crippen molar-refractivity contribution in [3.05, 3.63) is 0 Å². The molecule has 15 heavy (non-hydrogen) atoms. The molecule has 0 aromatic heterocycles. The summed E-state index contributed by atoms with van der Waals surface area (Å²) in [5.74, 6) is 0.473. The van der Waals surface area contributed by atoms with Crippen LogP contribution in [0.4, 0.5) is 0 Å². The summed E-state index contributed by atoms with van der Waals surface area (Å²) >= 11 is 0. The first-order valence-electron chi connectivity index (χ1n) is 5.95. The number of nitrogens with one attached hydrogen (secondary N) is 1. The number of hydrogen-bond donors (Lipinski definition) is 2. The molecule has 1 fully saturated rings. The van der Waals surface area contributed by atoms with Gasteiger partial charge in [0.2, 0.25) is 0 Å². The molecule has 1 aliphatic rings. The normalized spacial score (nSPS) is 28.0. The van der Waals surface area contributed by atoms with Gasteiger partial charge in [0.05, 0.1) is 12.2 Å². The smallest absolute Gasteiger partial charge is 0.0641 e. The standard InChI is InChI=1S/C12H25NO2/c1-9(2)11(8-14)13-10-5-6-15-12(3,4)7-10/h9-11,13-14H,5-8H2,1-4H3. The topological polar surface area (TPSA) is 41.5 Å². The Hall–Kier alpha value is -0.120. The number of ether oxygens (including phenoxy) is 1. The molecule has 0 aromatic carbocycles. The van der Waals surface area contributed by atoms with Crippen LogP contribution in [-0.4, -0.2) is 36.0 Å². The van der Waals surface area contributed by atoms with Crippen molar-refractivity contribution in [2.24, 2.45) is 5.92 Å². The van der Waals surface area contributed by atoms with E-state index in [4.69, 9.17) is 4.74 Å². The lowest BCUT2D eigenvalue weighted by Crippen LogP contribution is -2.50. The molecule has 0 aromatic rings. The molecule has 2 unspecified atom stereocenters. The molecule has 0 radical (unpaired) electrons. The molecule has 0 amide bonds. The fraction of sp³-hybridized carbons (Fsp3) is 1.00. The number of aliphatic hydroxyl groups is 1. The quantitative estimate of drug-likeness (QED) is 0.747. The third-order valence-corrected chi connectivity index (χ3v) is 3.15. The lowest BCUT2D eigenvalue weighted by Gasteiger charge is -2.38. The third-order valence-electron chi connectivity index (χ3n) is 3.15. The van der Waals surface area contributed by atoms with Gasteiger partial charge in [-0.1, -0.05) is 13.8 Å². The van der Waals surface area contributed by atoms with E-state index in [9.17, 15) is 5.11 Å². The first-order chi connectivity index (χ1) is 6.94. The average Bonchev–Trinajstić information content (AvgIpc) is 2.12. The number of hydrogen-bond acceptors (Lipinski definition) is 3. The summed E-state index contributed by atoms with van der Waals surface area (Å²) in [6, 6.07) is 0.692. The van der Waals surface area contributed by atoms with Crippen LogP contribution in [0.25, 0.3) is 0 Å². The highest BCUT2D eigenvalue weighted by Gasteiger charge is 2.30. The Bertz CT molecular complexity index is 192. The average molecular weight is 215 g/mol. The Morgan fingerprint density at radius 1 is 1.47 bits per heavy atom. The van der Waals surface area contributed by atoms with Crippen molar-refractivity contribution in [1.29, 1.82) is 0 Å². The summed E-state index contributed by atoms with van der Waals surface area (Å²) in [6.07, 6.45) is 2.07. The molecular formula is C12H25NO2. The second kappa shape index (κ2) is 5.28. The molecular weight excluding hydrogens is 190 g/mol. The van der Waals surface area contributed by atoms with Gasteiger partial charge in [-0.3, -0.25) is 0 Å². The summed E-state index contributed by atoms with van der Waals surface area (Å²) in [5, 5.41) is 12.8. The minimum atomic E-state index is -0.0209. The van der Waals surface area contributed by atoms with Crippen LogP contribution in [0.3, 0.4) is 0 Å². The Labute approximate surface area is 93.2 Å². The van der Waals surface area contributed by atoms with E-state index < -0.39 is 0 Å². The van der Waals surface area contributed by atoms with E-state index in [2.05, 4.69) is 33.0 Å². The fourth-order valence-corrected chi connectivity index (χ4v) is 2.13. The molecule has 2 atom stereocenters. The Morgan fingerprint density at radius 2 is 2.13 bits per heavy atom. The highest BCUT2D eigenvalue weighted by Crippen LogP contribution is 2.24. The van der Waals surface area contributed by atoms with E-state index in [1.54, 1.807) is 0 Å². The Balaban J connectivity index is 2.43. The second-order valence-corrected chi connectivity index (χ2v) is 5.50. The van der Waals surface area contributed by atoms with Gasteiger partial charge in [-0.25, -0.2) is 0 Å². The predicted octanol–water partition coefficient (Wildman–Crippen LogP) is 1.55. The summed E-state index contributed by atoms with van der Waals surface area (Å²) in [7, 11) is 0. The van der Waals surface area contributed by atoms with E-state index in [-0.39, 0.29) is 18.2 Å². The molecule has 3 nitrogen and oxygen atoms in total. The van der Waals surface area contributed by atoms with E-state index in [0.29, 0.717) is 12.0 Å². The zero-order valence-electron chi connectivity index (χ0n) is 10.4. The van der Waals surface area contributed by atoms with Gasteiger partial charge in [0.15, 0.2) is 0 Å². The maximum Gasteiger partial charge on any atom is 0.0641 e. The molecule has 2 N–H and O–H groups in total. The SMILES string of the molecule is CC(C)C(CO)NC1CCOC(C)(C)C1. The van der Waals surface area contributed by atoms with E-state index in [1.807, 2.05) is 0 Å². The molecule has 1 saturated heterocycles. The second-order valence-electron chi connectivity index (χ2n) is 5.50. The van der Waals surface area contributed by atoms with Crippen LogP contribution >= 0.6 is 0 Å². The zero-order valence-corrected chi connectivity index (χ0v) is 10.4. The minimum absolute atomic E-state index is 0.0209. The fourth-order valence-electron chi connectivity index (χ4n) is 2.13. The van der Waals surface area contributed by atoms with Gasteiger partial charge < -0.3 is 15.2 Å². The van der Waals surface area contributed by atoms with Crippen molar-refractivity contribution in [3.63, 3.8) is 0 Å². The third kappa shape index (κ3) is 4.09. The van der Waals surface area contributed by atoms with Gasteiger partial charge in [-0.05, 0) is 32.6 Å². The molecule has 1 aliphatic heterocycles. The summed E-state index contributed by atoms with van der Waals surface area (Å²) in [6.45, 7) is 9.57. The van der Waals surface area contributed by atoms with E-state index in [0.717, 1.165) is 19.4 Å². The van der Waals surface area contributed by atoms with Gasteiger partial charge in [0.1, 0.15) is 0 Å². The zero-order chi connectivity index (χ0) is 11.5. The van der Waals surface area contributed by atoms with Crippen molar-refractivity contribution in [1.82, 2.24) is 5.32 Å². The van der Waals surface area contributed by atoms with Crippen molar-refractivity contribution < 1.29 is 9.84 Å². The van der Waals surface area contributed by atoms with Gasteiger partial charge in [0, 0.05) is 18.7 Å². The molecule has 0 aliphatic carbocycles. The Morgan fingerprint density at radius 3 is 2.60 bits per heavy atom. The molecule has 0 spiro atoms. The Kier molecular flexibility index (Phi) is 4.56. The van der Waals surface area contributed by atoms with Gasteiger partial charge in [-0.2, -0.15) is 0 Å². The van der Waals surface area contributed by atoms with Crippen LogP contribution in [-0.2, 0) is 4.74 Å². The van der Waals surface area contributed by atoms with Crippen LogP contribution < -0.4 is 5.32 Å². The highest BCUT2D eigenvalue weighted by molar-refractivity contribution is 4.85. The van der Waals surface area contributed by atoms with Crippen molar-refractivity contribution >= 4 is 0 Å². The molecule has 0 bridgehead atoms. The van der Waals surface area contributed by atoms with Gasteiger partial charge >= 0.3 is 0 Å². The van der Waals surface area contributed by atoms with Crippen LogP contribution in [0, 0.1) is 5.92 Å². The maximum absolute atomic E-state index is 9.26. The largest absolute Gasteiger partial charge is 0.395 e. The van der Waals surface area contributed by atoms with E-state index in [1.165, 1.54) is 0 Å². The molecule has 1 heterocycles. The predicted molar refractivity (Wildman–Crippen MR) is 61.9 cm³/mol. The number of rotatable bonds is 4. The molecule has 3 heteroatoms. The van der Waals surface area contributed by atoms with Gasteiger partial charge in [0.25, 0.3) is 0 Å². The van der Waals surface area contributed by atoms with Gasteiger partial charge in [-0.15, -0.1) is 0 Å². The maximum atomic E-state index is 9.26.